The number of nitrogens with one attached hydrogen (secondary N) is 3. The molecule has 6 atom stereocenters. The van der Waals surface area contributed by atoms with Gasteiger partial charge in [-0.1, -0.05) is 56.4 Å². The second-order valence-corrected chi connectivity index (χ2v) is 32.8. The Morgan fingerprint density at radius 2 is 0.848 bits per heavy atom. The van der Waals surface area contributed by atoms with E-state index in [0.717, 1.165) is 114 Å². The molecule has 1 aliphatic carbocycles. The number of imidazole rings is 1. The number of aromatic hydroxyl groups is 4. The second kappa shape index (κ2) is 43.3. The molecule has 1 fully saturated rings. The van der Waals surface area contributed by atoms with Gasteiger partial charge in [-0.2, -0.15) is 0 Å². The van der Waals surface area contributed by atoms with E-state index in [2.05, 4.69) is 105 Å². The van der Waals surface area contributed by atoms with Crippen LogP contribution in [0.15, 0.2) is 188 Å². The molecule has 0 radical (unpaired) electrons. The standard InChI is InChI=1S/C30H31N5O4.C15H19NO.C14H17NO.C13H16N2O2.C12H15N3O2.C12H14N2O2.3ClH/c1-34-16-20(23-15-22(36)8-10-26(23)34)14-25(28(31)37)33-30(38)18-7-9-27-24(13-18)32-29(19-11-12-39-17-19)35(27)21-5-3-2-4-6-21;1-10-5-6-15-14(7-10)13(9-16(15)4)8-11(2)12(3)17;1-9-4-5-14-13(6-9)12(8-15-14)7-10(2)11(3)16;1-8(16)12(14)5-9-7-15(2)13-4-3-10(17)6-11(9)13;1-15-6-7(4-10(13)12(14)17)9-5-8(16)2-3-11(9)15;1-7(15)11(13)4-8-6-14-12-3-2-9(16)5-10(8)12;;;/h7-13,15-17,21,25,36H,2-6,14H2,1H3,(H2,31,37)(H,33,38);5-7,9,11H,8H2,1-4H3;4-6,8,10,15H,7H2,1-3H3;3-4,6-7,12,17H,5,14H2,1-2H3;2-3,5-6,10,16H,4,13H2,1H3,(H2,14,17);2-3,5-6,11,14,16H,4,13H2,1H3;3*1H/t25-;11-;10-;12-;10-;11-;;;/m000000.../s1. The molecule has 16 rings (SSSR count). The first kappa shape index (κ1) is 98.0. The molecule has 0 aliphatic heterocycles. The van der Waals surface area contributed by atoms with Crippen LogP contribution in [0.5, 0.6) is 23.0 Å². The van der Waals surface area contributed by atoms with Gasteiger partial charge in [-0.15, -0.1) is 0 Å². The minimum atomic E-state index is -0.928. The van der Waals surface area contributed by atoms with E-state index in [1.807, 2.05) is 116 Å². The number of H-pyrrole nitrogens is 2. The number of phenols is 4. The third-order valence-electron chi connectivity index (χ3n) is 23.2. The van der Waals surface area contributed by atoms with Crippen LogP contribution in [0.4, 0.5) is 0 Å². The number of primary amides is 2. The number of nitrogens with two attached hydrogens (primary N) is 2. The van der Waals surface area contributed by atoms with Gasteiger partial charge in [0.1, 0.15) is 64.8 Å². The maximum atomic E-state index is 13.3. The number of rotatable bonds is 22. The van der Waals surface area contributed by atoms with Gasteiger partial charge in [-0.3, -0.25) is 33.6 Å². The van der Waals surface area contributed by atoms with Crippen molar-refractivity contribution in [3.8, 4) is 34.4 Å². The van der Waals surface area contributed by atoms with E-state index < -0.39 is 29.8 Å². The molecule has 1 saturated carbocycles. The van der Waals surface area contributed by atoms with Crippen LogP contribution in [0.3, 0.4) is 0 Å². The third-order valence-corrected chi connectivity index (χ3v) is 23.2. The number of aromatic amines is 2. The molecular formula is C96H115Cl3N14O12. The molecule has 29 heteroatoms. The normalized spacial score (nSPS) is 13.3. The second-order valence-electron chi connectivity index (χ2n) is 32.8. The smallest absolute Gasteiger partial charge is 0.275 e. The summed E-state index contributed by atoms with van der Waals surface area (Å²) in [5.41, 5.74) is 40.5. The number of fused-ring (bicyclic) bond motifs is 7. The number of phenolic OH excluding ortho intramolecular Hbond substituents is 4. The molecule has 1 aliphatic rings. The van der Waals surface area contributed by atoms with E-state index in [0.29, 0.717) is 36.4 Å². The topological polar surface area (TPSA) is 430 Å². The van der Waals surface area contributed by atoms with Crippen molar-refractivity contribution in [2.24, 2.45) is 51.5 Å². The molecule has 7 aromatic carbocycles. The van der Waals surface area contributed by atoms with Gasteiger partial charge >= 0.3 is 0 Å². The van der Waals surface area contributed by atoms with Crippen molar-refractivity contribution in [3.63, 3.8) is 0 Å². The first-order chi connectivity index (χ1) is 58.0. The van der Waals surface area contributed by atoms with Crippen molar-refractivity contribution in [1.82, 2.24) is 43.1 Å². The molecule has 0 bridgehead atoms. The molecule has 3 amide bonds. The quantitative estimate of drug-likeness (QED) is 0.0465. The monoisotopic (exact) mass is 1760 g/mol. The number of carbonyl (C=O) groups excluding carboxylic acids is 7. The summed E-state index contributed by atoms with van der Waals surface area (Å²) in [7, 11) is 7.82. The Labute approximate surface area is 744 Å². The van der Waals surface area contributed by atoms with Crippen LogP contribution in [0.1, 0.15) is 135 Å². The minimum absolute atomic E-state index is 0. The molecule has 15 aromatic rings. The summed E-state index contributed by atoms with van der Waals surface area (Å²) in [5.74, 6) is 1.07. The van der Waals surface area contributed by atoms with Crippen molar-refractivity contribution in [1.29, 1.82) is 0 Å². The maximum absolute atomic E-state index is 13.3. The highest BCUT2D eigenvalue weighted by molar-refractivity contribution is 6.01. The highest BCUT2D eigenvalue weighted by Crippen LogP contribution is 2.38. The SMILES string of the molecule is CC(=O)[C@@H](C)Cc1c[nH]c2ccc(C)cc12.CC(=O)[C@@H](C)Cc1cn(C)c2ccc(C)cc12.CC(=O)[C@@H]([NH3+])Cc1c[nH]c2ccc(O)cc12.CC(=O)[C@@H]([NH3+])Cc1cn(C)c2ccc(O)cc12.Cn1cc(C[C@H](NC(=O)c2ccc3c(c2)nc(-c2ccoc2)n3C2CCCCC2)C(N)=O)c2cc(O)ccc21.Cn1cc(C[C@H]([NH3+])C(N)=O)c2cc(O)ccc21.[Cl-].[Cl-].[Cl-]. The summed E-state index contributed by atoms with van der Waals surface area (Å²) < 4.78 is 15.6. The fraction of sp³-hybridized carbons (Fsp3) is 0.312. The van der Waals surface area contributed by atoms with Crippen molar-refractivity contribution in [3.05, 3.63) is 233 Å². The number of hydrogen-bond acceptors (Lipinski definition) is 13. The lowest BCUT2D eigenvalue weighted by Gasteiger charge is -2.25. The molecular weight excluding hydrogens is 1650 g/mol. The van der Waals surface area contributed by atoms with Crippen LogP contribution in [0, 0.1) is 25.7 Å². The van der Waals surface area contributed by atoms with Gasteiger partial charge in [0, 0.05) is 194 Å². The van der Waals surface area contributed by atoms with E-state index in [-0.39, 0.29) is 114 Å². The number of carbonyl (C=O) groups is 7. The number of benzene rings is 7. The summed E-state index contributed by atoms with van der Waals surface area (Å²) in [6.45, 7) is 14.6. The van der Waals surface area contributed by atoms with E-state index in [9.17, 15) is 54.0 Å². The van der Waals surface area contributed by atoms with Gasteiger partial charge < -0.3 is 129 Å². The third kappa shape index (κ3) is 24.1. The van der Waals surface area contributed by atoms with Crippen LogP contribution in [-0.2, 0) is 95.5 Å². The van der Waals surface area contributed by atoms with E-state index in [1.54, 1.807) is 101 Å². The molecule has 125 heavy (non-hydrogen) atoms. The lowest BCUT2D eigenvalue weighted by Crippen LogP contribution is -3.00. The largest absolute Gasteiger partial charge is 1.00 e. The number of aryl methyl sites for hydroxylation is 6. The Bertz CT molecular complexity index is 5990. The number of quaternary nitrogens is 3. The van der Waals surface area contributed by atoms with Gasteiger partial charge in [-0.05, 0) is 208 Å². The van der Waals surface area contributed by atoms with Crippen molar-refractivity contribution in [2.75, 3.05) is 0 Å². The van der Waals surface area contributed by atoms with Crippen LogP contribution < -0.4 is 71.2 Å². The number of halogens is 3. The van der Waals surface area contributed by atoms with Crippen LogP contribution in [0.2, 0.25) is 0 Å². The predicted octanol–water partition coefficient (Wildman–Crippen LogP) is 3.10. The summed E-state index contributed by atoms with van der Waals surface area (Å²) >= 11 is 0. The van der Waals surface area contributed by atoms with Crippen LogP contribution in [0.25, 0.3) is 87.8 Å². The zero-order valence-electron chi connectivity index (χ0n) is 72.8. The molecule has 20 N–H and O–H groups in total. The predicted molar refractivity (Wildman–Crippen MR) is 477 cm³/mol. The number of amides is 3. The zero-order chi connectivity index (χ0) is 88.2. The Hall–Kier alpha value is -12.4. The highest BCUT2D eigenvalue weighted by atomic mass is 35.5. The van der Waals surface area contributed by atoms with Crippen LogP contribution >= 0.6 is 0 Å². The molecule has 8 heterocycles. The van der Waals surface area contributed by atoms with E-state index in [1.165, 1.54) is 57.8 Å². The van der Waals surface area contributed by atoms with Crippen LogP contribution in [-0.4, -0.2) is 123 Å². The first-order valence-electron chi connectivity index (χ1n) is 41.2. The number of aromatic nitrogens is 8. The highest BCUT2D eigenvalue weighted by Gasteiger charge is 2.28. The zero-order valence-corrected chi connectivity index (χ0v) is 75.1. The Morgan fingerprint density at radius 3 is 1.30 bits per heavy atom. The molecule has 0 spiro atoms. The van der Waals surface area contributed by atoms with E-state index in [4.69, 9.17) is 20.9 Å². The lowest BCUT2D eigenvalue weighted by molar-refractivity contribution is -0.402. The molecule has 26 nitrogen and oxygen atoms in total. The van der Waals surface area contributed by atoms with Crippen molar-refractivity contribution < 1.29 is 113 Å². The molecule has 8 aromatic heterocycles. The average Bonchev–Trinajstić information content (AvgIpc) is 1.60. The van der Waals surface area contributed by atoms with Gasteiger partial charge in [-0.25, -0.2) is 4.98 Å². The maximum Gasteiger partial charge on any atom is 0.275 e. The Morgan fingerprint density at radius 1 is 0.464 bits per heavy atom. The molecule has 0 saturated heterocycles. The number of hydrogen-bond donors (Lipinski definition) is 12. The number of nitrogens with zero attached hydrogens (tertiary/aromatic N) is 6. The summed E-state index contributed by atoms with van der Waals surface area (Å²) in [5, 5.41) is 47.4. The lowest BCUT2D eigenvalue weighted by atomic mass is 9.95. The average molecular weight is 1760 g/mol. The summed E-state index contributed by atoms with van der Waals surface area (Å²) in [6.07, 6.45) is 24.5. The summed E-state index contributed by atoms with van der Waals surface area (Å²) in [6, 6.07) is 39.4. The molecule has 0 unspecified atom stereocenters. The van der Waals surface area contributed by atoms with Gasteiger partial charge in [0.05, 0.1) is 22.9 Å². The van der Waals surface area contributed by atoms with Crippen molar-refractivity contribution in [2.45, 2.75) is 156 Å². The summed E-state index contributed by atoms with van der Waals surface area (Å²) in [4.78, 5) is 93.0. The van der Waals surface area contributed by atoms with E-state index >= 15 is 0 Å². The molecule has 662 valence electrons. The number of ketones is 4. The number of Topliss-reactive ketones (excluding diaryl/α,β-unsaturated/α-hetero) is 4. The van der Waals surface area contributed by atoms with Crippen molar-refractivity contribution >= 4 is 117 Å². The first-order valence-corrected chi connectivity index (χ1v) is 41.2. The Balaban J connectivity index is 0.000000194. The Kier molecular flexibility index (Phi) is 33.9. The number of furan rings is 1. The fourth-order valence-electron chi connectivity index (χ4n) is 15.8. The van der Waals surface area contributed by atoms with Gasteiger partial charge in [0.25, 0.3) is 11.8 Å². The van der Waals surface area contributed by atoms with Gasteiger partial charge in [0.15, 0.2) is 17.6 Å². The minimum Gasteiger partial charge on any atom is -1.00 e. The van der Waals surface area contributed by atoms with Gasteiger partial charge in [0.2, 0.25) is 5.91 Å². The fourth-order valence-corrected chi connectivity index (χ4v) is 15.8.